The van der Waals surface area contributed by atoms with Crippen molar-refractivity contribution in [3.8, 4) is 5.75 Å². The number of Topliss-reactive ketones (excluding diaryl/α,β-unsaturated/α-hetero) is 2. The molecule has 0 aliphatic heterocycles. The molecule has 1 atom stereocenters. The molecule has 0 amide bonds. The Morgan fingerprint density at radius 2 is 1.68 bits per heavy atom. The number of fused-ring (bicyclic) bond motifs is 2. The SMILES string of the molecule is O=[C-]S(=O)O.[NH-]C1=C2C(=O)c3c(O)c(S(=O)(=O)[O-])cc(NCC(=O)O[O-])c3C(O)=C2C(=O)[C-]=C1.[Na+].[Na+].[Na+].[Na+]. The molecule has 1 unspecified atom stereocenters. The first-order valence-corrected chi connectivity index (χ1v) is 10.8. The predicted molar refractivity (Wildman–Crippen MR) is 105 cm³/mol. The smallest absolute Gasteiger partial charge is 0.756 e. The first-order valence-electron chi connectivity index (χ1n) is 8.25. The van der Waals surface area contributed by atoms with Crippen molar-refractivity contribution < 1.29 is 179 Å². The van der Waals surface area contributed by atoms with Gasteiger partial charge in [0.2, 0.25) is 0 Å². The quantitative estimate of drug-likeness (QED) is 0.0462. The van der Waals surface area contributed by atoms with Crippen molar-refractivity contribution in [3.63, 3.8) is 0 Å². The minimum Gasteiger partial charge on any atom is -0.756 e. The summed E-state index contributed by atoms with van der Waals surface area (Å²) >= 11 is -2.38. The Bertz CT molecular complexity index is 1360. The molecule has 0 spiro atoms. The Kier molecular flexibility index (Phi) is 20.0. The zero-order valence-corrected chi connectivity index (χ0v) is 29.7. The van der Waals surface area contributed by atoms with Crippen molar-refractivity contribution in [2.24, 2.45) is 0 Å². The number of rotatable bonds is 5. The van der Waals surface area contributed by atoms with Gasteiger partial charge in [0.1, 0.15) is 22.4 Å². The standard InChI is InChI=1S/C16H11N2O10S.CHO3S.4Na/c17-5-1-2-7(19)12-10(5)15(22)13-11(16(12)23)6(18-4-9(20)28-24)3-8(14(13)21)29(25,26)27;2-1-5(3)4;;;;/h1,3H,4H2,(H7,17,18,19,21,22,23,24,25,26,27);(H,3,4);;;;/q2*-1;4*+1/p-3. The Morgan fingerprint density at radius 3 is 2.13 bits per heavy atom. The van der Waals surface area contributed by atoms with Crippen LogP contribution in [0.15, 0.2) is 33.9 Å². The topological polar surface area (TPSA) is 271 Å². The van der Waals surface area contributed by atoms with Gasteiger partial charge in [-0.15, -0.1) is 11.7 Å². The van der Waals surface area contributed by atoms with Gasteiger partial charge >= 0.3 is 124 Å². The van der Waals surface area contributed by atoms with Gasteiger partial charge in [-0.25, -0.2) is 8.42 Å². The van der Waals surface area contributed by atoms with Gasteiger partial charge in [-0.2, -0.15) is 6.08 Å². The summed E-state index contributed by atoms with van der Waals surface area (Å²) in [6.07, 6.45) is 2.96. The number of hydrogen-bond donors (Lipinski definition) is 4. The first-order chi connectivity index (χ1) is 15.8. The van der Waals surface area contributed by atoms with E-state index in [0.717, 1.165) is 11.7 Å². The van der Waals surface area contributed by atoms with Gasteiger partial charge in [0.05, 0.1) is 22.0 Å². The van der Waals surface area contributed by atoms with E-state index in [2.05, 4.69) is 16.3 Å². The summed E-state index contributed by atoms with van der Waals surface area (Å²) in [5.41, 5.74) is 4.72. The van der Waals surface area contributed by atoms with Crippen LogP contribution in [0.3, 0.4) is 0 Å². The fourth-order valence-electron chi connectivity index (χ4n) is 2.88. The van der Waals surface area contributed by atoms with Gasteiger partial charge in [0.15, 0.2) is 5.78 Å². The molecular weight excluding hydrogens is 596 g/mol. The number of anilines is 1. The zero-order chi connectivity index (χ0) is 26.0. The maximum absolute atomic E-state index is 12.8. The fraction of sp³-hybridized carbons (Fsp3) is 0.0588. The van der Waals surface area contributed by atoms with E-state index in [1.165, 1.54) is 0 Å². The second-order valence-electron chi connectivity index (χ2n) is 6.08. The van der Waals surface area contributed by atoms with Crippen molar-refractivity contribution >= 4 is 55.8 Å². The molecule has 5 N–H and O–H groups in total. The van der Waals surface area contributed by atoms with Crippen LogP contribution in [0.2, 0.25) is 0 Å². The third kappa shape index (κ3) is 9.59. The van der Waals surface area contributed by atoms with Crippen LogP contribution >= 0.6 is 0 Å². The van der Waals surface area contributed by atoms with Crippen LogP contribution in [0, 0.1) is 6.08 Å². The molecule has 0 saturated heterocycles. The summed E-state index contributed by atoms with van der Waals surface area (Å²) in [4.78, 5) is 46.8. The summed E-state index contributed by atoms with van der Waals surface area (Å²) in [7, 11) is -5.35. The number of aliphatic hydroxyl groups is 1. The number of phenolic OH excluding ortho intramolecular Hbond substituents is 1. The first kappa shape index (κ1) is 42.6. The molecule has 2 aliphatic rings. The fourth-order valence-corrected chi connectivity index (χ4v) is 3.48. The van der Waals surface area contributed by atoms with Gasteiger partial charge in [-0.3, -0.25) is 19.5 Å². The zero-order valence-electron chi connectivity index (χ0n) is 20.1. The molecule has 0 bridgehead atoms. The second-order valence-corrected chi connectivity index (χ2v) is 8.09. The normalized spacial score (nSPS) is 14.0. The van der Waals surface area contributed by atoms with E-state index >= 15 is 0 Å². The van der Waals surface area contributed by atoms with E-state index in [9.17, 15) is 42.8 Å². The number of ketones is 2. The number of hydrogen-bond acceptors (Lipinski definition) is 13. The van der Waals surface area contributed by atoms with E-state index in [4.69, 9.17) is 19.3 Å². The summed E-state index contributed by atoms with van der Waals surface area (Å²) < 4.78 is 50.9. The van der Waals surface area contributed by atoms with Gasteiger partial charge in [0, 0.05) is 22.3 Å². The summed E-state index contributed by atoms with van der Waals surface area (Å²) in [6, 6.07) is 0.516. The molecule has 0 aromatic heterocycles. The minimum absolute atomic E-state index is 0. The van der Waals surface area contributed by atoms with E-state index in [-0.39, 0.29) is 118 Å². The maximum Gasteiger partial charge on any atom is 1.00 e. The van der Waals surface area contributed by atoms with Crippen LogP contribution in [0.5, 0.6) is 5.75 Å². The van der Waals surface area contributed by atoms with Crippen LogP contribution in [0.25, 0.3) is 11.5 Å². The van der Waals surface area contributed by atoms with Crippen molar-refractivity contribution in [2.45, 2.75) is 4.90 Å². The van der Waals surface area contributed by atoms with Crippen LogP contribution < -0.4 is 129 Å². The Balaban J connectivity index is -0.00000125. The molecule has 0 radical (unpaired) electrons. The van der Waals surface area contributed by atoms with Crippen molar-refractivity contribution in [3.05, 3.63) is 51.9 Å². The van der Waals surface area contributed by atoms with E-state index < -0.39 is 95.3 Å². The molecule has 1 aromatic rings. The molecule has 0 fully saturated rings. The molecule has 3 rings (SSSR count). The molecule has 182 valence electrons. The molecule has 0 saturated carbocycles. The number of phenols is 1. The molecule has 21 heteroatoms. The number of allylic oxidation sites excluding steroid dienone is 4. The number of carbonyl (C=O) groups excluding carboxylic acids is 4. The van der Waals surface area contributed by atoms with Crippen LogP contribution in [0.1, 0.15) is 15.9 Å². The van der Waals surface area contributed by atoms with Crippen molar-refractivity contribution in [1.82, 2.24) is 0 Å². The predicted octanol–water partition coefficient (Wildman–Crippen LogP) is -13.5. The molecule has 0 heterocycles. The Hall–Kier alpha value is 0.100. The van der Waals surface area contributed by atoms with Gasteiger partial charge in [-0.05, 0) is 11.6 Å². The van der Waals surface area contributed by atoms with Gasteiger partial charge < -0.3 is 50.1 Å². The number of nitrogens with one attached hydrogen (secondary N) is 2. The maximum atomic E-state index is 12.8. The minimum atomic E-state index is -5.35. The average Bonchev–Trinajstić information content (AvgIpc) is 2.76. The van der Waals surface area contributed by atoms with Crippen molar-refractivity contribution in [1.29, 1.82) is 0 Å². The monoisotopic (exact) mass is 605 g/mol. The number of aromatic hydroxyl groups is 1. The average molecular weight is 605 g/mol. The Morgan fingerprint density at radius 1 is 1.16 bits per heavy atom. The van der Waals surface area contributed by atoms with E-state index in [1.54, 1.807) is 0 Å². The molecule has 1 aromatic carbocycles. The second kappa shape index (κ2) is 17.8. The molecule has 2 aliphatic carbocycles. The number of carbonyl (C=O) groups is 3. The summed E-state index contributed by atoms with van der Waals surface area (Å²) in [5, 5.41) is 33.1. The molecule has 15 nitrogen and oxygen atoms in total. The largest absolute Gasteiger partial charge is 1.00 e. The van der Waals surface area contributed by atoms with Crippen LogP contribution in [-0.4, -0.2) is 61.6 Å². The van der Waals surface area contributed by atoms with E-state index in [0.29, 0.717) is 6.07 Å². The van der Waals surface area contributed by atoms with Gasteiger partial charge in [0.25, 0.3) is 0 Å². The number of aliphatic hydroxyl groups excluding tert-OH is 1. The third-order valence-electron chi connectivity index (χ3n) is 4.14. The molecule has 38 heavy (non-hydrogen) atoms. The van der Waals surface area contributed by atoms with Gasteiger partial charge in [-0.1, -0.05) is 5.57 Å². The van der Waals surface area contributed by atoms with Crippen molar-refractivity contribution in [2.75, 3.05) is 11.9 Å². The third-order valence-corrected chi connectivity index (χ3v) is 5.14. The van der Waals surface area contributed by atoms with Crippen LogP contribution in [0.4, 0.5) is 5.69 Å². The summed E-state index contributed by atoms with van der Waals surface area (Å²) in [6.45, 7) is -0.873. The summed E-state index contributed by atoms with van der Waals surface area (Å²) in [5.74, 6) is -5.81. The van der Waals surface area contributed by atoms with Crippen LogP contribution in [-0.2, 0) is 40.5 Å². The van der Waals surface area contributed by atoms with E-state index in [1.807, 2.05) is 0 Å². The number of benzene rings is 1. The molecular formula is C17H9N2Na4O13S2-. The Labute approximate surface area is 305 Å².